The summed E-state index contributed by atoms with van der Waals surface area (Å²) in [5.41, 5.74) is 1.64. The van der Waals surface area contributed by atoms with E-state index in [-0.39, 0.29) is 5.56 Å². The topological polar surface area (TPSA) is 79.3 Å². The predicted octanol–water partition coefficient (Wildman–Crippen LogP) is 3.23. The highest BCUT2D eigenvalue weighted by Crippen LogP contribution is 2.40. The van der Waals surface area contributed by atoms with Gasteiger partial charge < -0.3 is 10.4 Å². The maximum absolute atomic E-state index is 13.6. The molecule has 1 aromatic heterocycles. The third kappa shape index (κ3) is 3.37. The minimum absolute atomic E-state index is 0.281. The van der Waals surface area contributed by atoms with Crippen LogP contribution in [0.4, 0.5) is 4.39 Å². The molecule has 0 aliphatic heterocycles. The van der Waals surface area contributed by atoms with Gasteiger partial charge in [0, 0.05) is 17.0 Å². The Hall–Kier alpha value is -2.50. The molecule has 0 saturated heterocycles. The molecule has 3 rings (SSSR count). The lowest BCUT2D eigenvalue weighted by Gasteiger charge is -2.15. The molecule has 6 heteroatoms. The quantitative estimate of drug-likeness (QED) is 0.852. The fourth-order valence-electron chi connectivity index (χ4n) is 2.78. The monoisotopic (exact) mass is 330 g/mol. The molecule has 1 amide bonds. The molecular weight excluding hydrogens is 311 g/mol. The van der Waals surface area contributed by atoms with E-state index < -0.39 is 23.7 Å². The zero-order valence-electron chi connectivity index (χ0n) is 13.4. The standard InChI is InChI=1S/C18H19FN2O3/c1-2-3-15(18(23)24)21-17(22)13-9-16(10-4-5-10)20-14-7-6-11(19)8-12(13)14/h6-10,15H,2-5H2,1H3,(H,21,22)(H,23,24). The third-order valence-corrected chi connectivity index (χ3v) is 4.21. The van der Waals surface area contributed by atoms with E-state index in [1.165, 1.54) is 12.1 Å². The molecule has 1 atom stereocenters. The first-order chi connectivity index (χ1) is 11.5. The molecule has 1 heterocycles. The molecular formula is C18H19FN2O3. The average molecular weight is 330 g/mol. The van der Waals surface area contributed by atoms with Crippen LogP contribution in [-0.4, -0.2) is 28.0 Å². The molecule has 1 saturated carbocycles. The molecule has 24 heavy (non-hydrogen) atoms. The number of halogens is 1. The highest BCUT2D eigenvalue weighted by Gasteiger charge is 2.28. The van der Waals surface area contributed by atoms with E-state index in [9.17, 15) is 19.1 Å². The Morgan fingerprint density at radius 1 is 1.38 bits per heavy atom. The molecule has 1 unspecified atom stereocenters. The number of carbonyl (C=O) groups is 2. The van der Waals surface area contributed by atoms with Crippen LogP contribution in [-0.2, 0) is 4.79 Å². The van der Waals surface area contributed by atoms with Crippen LogP contribution < -0.4 is 5.32 Å². The van der Waals surface area contributed by atoms with E-state index in [0.29, 0.717) is 29.7 Å². The number of nitrogens with one attached hydrogen (secondary N) is 1. The zero-order valence-corrected chi connectivity index (χ0v) is 13.4. The predicted molar refractivity (Wildman–Crippen MR) is 87.5 cm³/mol. The minimum Gasteiger partial charge on any atom is -0.480 e. The van der Waals surface area contributed by atoms with Gasteiger partial charge in [0.15, 0.2) is 0 Å². The number of aromatic nitrogens is 1. The van der Waals surface area contributed by atoms with E-state index in [2.05, 4.69) is 10.3 Å². The number of carboxylic acid groups (broad SMARTS) is 1. The van der Waals surface area contributed by atoms with Crippen LogP contribution in [0.15, 0.2) is 24.3 Å². The van der Waals surface area contributed by atoms with Crippen molar-refractivity contribution in [2.45, 2.75) is 44.6 Å². The van der Waals surface area contributed by atoms with Crippen molar-refractivity contribution in [3.63, 3.8) is 0 Å². The SMILES string of the molecule is CCCC(NC(=O)c1cc(C2CC2)nc2ccc(F)cc12)C(=O)O. The maximum Gasteiger partial charge on any atom is 0.326 e. The van der Waals surface area contributed by atoms with Crippen molar-refractivity contribution in [3.8, 4) is 0 Å². The number of hydrogen-bond donors (Lipinski definition) is 2. The number of fused-ring (bicyclic) bond motifs is 1. The fourth-order valence-corrected chi connectivity index (χ4v) is 2.78. The Bertz CT molecular complexity index is 802. The van der Waals surface area contributed by atoms with Crippen molar-refractivity contribution in [2.75, 3.05) is 0 Å². The van der Waals surface area contributed by atoms with Gasteiger partial charge in [-0.1, -0.05) is 13.3 Å². The van der Waals surface area contributed by atoms with E-state index in [0.717, 1.165) is 18.5 Å². The molecule has 5 nitrogen and oxygen atoms in total. The van der Waals surface area contributed by atoms with Crippen molar-refractivity contribution in [1.29, 1.82) is 0 Å². The Kier molecular flexibility index (Phi) is 4.46. The van der Waals surface area contributed by atoms with E-state index in [1.807, 2.05) is 6.92 Å². The van der Waals surface area contributed by atoms with Gasteiger partial charge in [0.25, 0.3) is 5.91 Å². The normalized spacial score (nSPS) is 15.2. The lowest BCUT2D eigenvalue weighted by atomic mass is 10.0. The van der Waals surface area contributed by atoms with Crippen molar-refractivity contribution >= 4 is 22.8 Å². The molecule has 1 aliphatic rings. The number of amides is 1. The summed E-state index contributed by atoms with van der Waals surface area (Å²) in [6, 6.07) is 4.84. The number of nitrogens with zero attached hydrogens (tertiary/aromatic N) is 1. The lowest BCUT2D eigenvalue weighted by molar-refractivity contribution is -0.139. The average Bonchev–Trinajstić information content (AvgIpc) is 3.38. The molecule has 1 fully saturated rings. The summed E-state index contributed by atoms with van der Waals surface area (Å²) in [6.07, 6.45) is 3.02. The number of pyridine rings is 1. The Labute approximate surface area is 138 Å². The second kappa shape index (κ2) is 6.55. The number of rotatable bonds is 6. The fraction of sp³-hybridized carbons (Fsp3) is 0.389. The Morgan fingerprint density at radius 2 is 2.12 bits per heavy atom. The van der Waals surface area contributed by atoms with Crippen LogP contribution in [0.25, 0.3) is 10.9 Å². The summed E-state index contributed by atoms with van der Waals surface area (Å²) in [5.74, 6) is -1.70. The van der Waals surface area contributed by atoms with Gasteiger partial charge in [0.2, 0.25) is 0 Å². The summed E-state index contributed by atoms with van der Waals surface area (Å²) in [6.45, 7) is 1.85. The van der Waals surface area contributed by atoms with Gasteiger partial charge in [0.05, 0.1) is 11.1 Å². The van der Waals surface area contributed by atoms with Crippen molar-refractivity contribution in [1.82, 2.24) is 10.3 Å². The van der Waals surface area contributed by atoms with E-state index in [1.54, 1.807) is 12.1 Å². The Morgan fingerprint density at radius 3 is 2.75 bits per heavy atom. The molecule has 1 aromatic carbocycles. The summed E-state index contributed by atoms with van der Waals surface area (Å²) < 4.78 is 13.6. The molecule has 1 aliphatic carbocycles. The molecule has 0 spiro atoms. The molecule has 0 radical (unpaired) electrons. The van der Waals surface area contributed by atoms with Crippen LogP contribution in [0.3, 0.4) is 0 Å². The summed E-state index contributed by atoms with van der Waals surface area (Å²) >= 11 is 0. The van der Waals surface area contributed by atoms with E-state index >= 15 is 0 Å². The van der Waals surface area contributed by atoms with Crippen molar-refractivity contribution in [3.05, 3.63) is 41.3 Å². The summed E-state index contributed by atoms with van der Waals surface area (Å²) in [5, 5.41) is 12.2. The number of aliphatic carboxylic acids is 1. The first-order valence-electron chi connectivity index (χ1n) is 8.13. The number of carbonyl (C=O) groups excluding carboxylic acids is 1. The van der Waals surface area contributed by atoms with Crippen molar-refractivity contribution in [2.24, 2.45) is 0 Å². The highest BCUT2D eigenvalue weighted by molar-refractivity contribution is 6.07. The minimum atomic E-state index is -1.07. The maximum atomic E-state index is 13.6. The van der Waals surface area contributed by atoms with Crippen LogP contribution in [0.1, 0.15) is 54.6 Å². The summed E-state index contributed by atoms with van der Waals surface area (Å²) in [4.78, 5) is 28.4. The van der Waals surface area contributed by atoms with Gasteiger partial charge in [-0.2, -0.15) is 0 Å². The van der Waals surface area contributed by atoms with Crippen LogP contribution in [0.2, 0.25) is 0 Å². The third-order valence-electron chi connectivity index (χ3n) is 4.21. The number of carboxylic acids is 1. The second-order valence-electron chi connectivity index (χ2n) is 6.18. The smallest absolute Gasteiger partial charge is 0.326 e. The molecule has 0 bridgehead atoms. The lowest BCUT2D eigenvalue weighted by Crippen LogP contribution is -2.40. The van der Waals surface area contributed by atoms with Crippen LogP contribution in [0, 0.1) is 5.82 Å². The largest absolute Gasteiger partial charge is 0.480 e. The van der Waals surface area contributed by atoms with Gasteiger partial charge in [-0.3, -0.25) is 9.78 Å². The summed E-state index contributed by atoms with van der Waals surface area (Å²) in [7, 11) is 0. The zero-order chi connectivity index (χ0) is 17.3. The van der Waals surface area contributed by atoms with Gasteiger partial charge >= 0.3 is 5.97 Å². The Balaban J connectivity index is 2.01. The van der Waals surface area contributed by atoms with Crippen LogP contribution >= 0.6 is 0 Å². The number of benzene rings is 1. The van der Waals surface area contributed by atoms with Gasteiger partial charge in [-0.05, 0) is 43.5 Å². The second-order valence-corrected chi connectivity index (χ2v) is 6.18. The molecule has 126 valence electrons. The van der Waals surface area contributed by atoms with Gasteiger partial charge in [0.1, 0.15) is 11.9 Å². The van der Waals surface area contributed by atoms with E-state index in [4.69, 9.17) is 0 Å². The molecule has 2 N–H and O–H groups in total. The van der Waals surface area contributed by atoms with Crippen LogP contribution in [0.5, 0.6) is 0 Å². The van der Waals surface area contributed by atoms with Gasteiger partial charge in [-0.25, -0.2) is 9.18 Å². The first-order valence-corrected chi connectivity index (χ1v) is 8.13. The van der Waals surface area contributed by atoms with Crippen molar-refractivity contribution < 1.29 is 19.1 Å². The number of hydrogen-bond acceptors (Lipinski definition) is 3. The first kappa shape index (κ1) is 16.4. The van der Waals surface area contributed by atoms with Gasteiger partial charge in [-0.15, -0.1) is 0 Å². The molecule has 2 aromatic rings. The highest BCUT2D eigenvalue weighted by atomic mass is 19.1.